The molecule has 0 radical (unpaired) electrons. The highest BCUT2D eigenvalue weighted by Crippen LogP contribution is 2.53. The van der Waals surface area contributed by atoms with Crippen molar-refractivity contribution in [3.63, 3.8) is 0 Å². The first kappa shape index (κ1) is 121. The number of phosphoric ester groups is 2. The number of nitrogens with one attached hydrogen (secondary N) is 2. The van der Waals surface area contributed by atoms with Crippen molar-refractivity contribution in [3.8, 4) is 0 Å². The molecule has 2 N–H and O–H groups in total. The Morgan fingerprint density at radius 1 is 0.358 bits per heavy atom. The Balaban J connectivity index is 2.21. The Morgan fingerprint density at radius 2 is 0.686 bits per heavy atom. The van der Waals surface area contributed by atoms with Crippen LogP contribution >= 0.6 is 15.6 Å². The van der Waals surface area contributed by atoms with Crippen molar-refractivity contribution >= 4 is 111 Å². The molecule has 0 aromatic rings. The quantitative estimate of drug-likeness (QED) is 0.0253. The van der Waals surface area contributed by atoms with Crippen LogP contribution in [0.25, 0.3) is 0 Å². The molecule has 4 aliphatic rings. The standard InChI is InChI=1S/C88H142N2O45P2/c1-21-23-25-27-29-31-33-35-37-39-65(121-55(7)95)41-71(103)89-73-82(128-62(14)102)80(134-136(107,111-17)112-18)70(129-83(73)119-49-69-79(126-60(12)100)81(127-61(13)101)74(84(130-69)135-137(108,113-19)114-20)90-72(104)42-66(122-56(8)96)40-38-36-34-32-30-28-26-24-22-2)50-120-87(85(105)109-15)44-68(78(125-59(11)99)76(132-87)64(47-117-53(5)93)48-118-54(6)94)131-88(86(106)110-16)43-67(123-57(9)97)77(124-58(10)98)75(133-88)63(45-115-51(3)91)46-116-52(4)92/h63-70,73-84H,21-50H2,1-20H3,(H,89,103)(H,90,104)/t65-,66+,67-,68-,69-,70-,73-,74-,75-,76-,77-,78-,79-,80-,81-,82-,83-,84-,87-,88-/m1/s1. The van der Waals surface area contributed by atoms with Crippen LogP contribution in [0.4, 0.5) is 0 Å². The van der Waals surface area contributed by atoms with Gasteiger partial charge in [0.25, 0.3) is 11.6 Å². The van der Waals surface area contributed by atoms with Gasteiger partial charge in [0.15, 0.2) is 43.1 Å². The summed E-state index contributed by atoms with van der Waals surface area (Å²) in [6.07, 6.45) is -19.2. The number of ether oxygens (including phenoxy) is 21. The Bertz CT molecular complexity index is 3950. The summed E-state index contributed by atoms with van der Waals surface area (Å²) in [5, 5.41) is 5.32. The van der Waals surface area contributed by atoms with E-state index in [9.17, 15) is 71.5 Å². The molecule has 49 heteroatoms. The lowest BCUT2D eigenvalue weighted by Gasteiger charge is -2.52. The number of esters is 14. The number of unbranched alkanes of at least 4 members (excludes halogenated alkanes) is 16. The summed E-state index contributed by atoms with van der Waals surface area (Å²) in [5.41, 5.74) is 0. The van der Waals surface area contributed by atoms with Gasteiger partial charge in [-0.2, -0.15) is 0 Å². The zero-order chi connectivity index (χ0) is 103. The van der Waals surface area contributed by atoms with Crippen LogP contribution in [0.3, 0.4) is 0 Å². The minimum absolute atomic E-state index is 0.105. The summed E-state index contributed by atoms with van der Waals surface area (Å²) in [7, 11) is -4.93. The Labute approximate surface area is 797 Å². The highest BCUT2D eigenvalue weighted by atomic mass is 31.2. The maximum Gasteiger partial charge on any atom is 0.476 e. The third-order valence-electron chi connectivity index (χ3n) is 22.0. The molecule has 0 bridgehead atoms. The zero-order valence-electron chi connectivity index (χ0n) is 82.0. The molecule has 4 saturated heterocycles. The van der Waals surface area contributed by atoms with Crippen molar-refractivity contribution in [1.29, 1.82) is 0 Å². The SMILES string of the molecule is CCCCCCCCCCC[C@H](CC(=O)N[C@H]1[C@H](OC[C@H]2O[C@H](OP(=O)(OC)OC)[C@H](NC(=O)C[C@H](CCCCCCCCCCC)OC(C)=O)[C@@H](OC(C)=O)[C@@H]2OC(C)=O)O[C@H](CO[C@]2(C(=O)OC)C[C@@H](O[C@]3(C(=O)OC)C[C@@H](OC(C)=O)[C@@H](OC(C)=O)[C@@H](C(COC(C)=O)COC(C)=O)O3)[C@@H](OC(C)=O)[C@@H](C(COC(C)=O)COC(C)=O)O2)[C@@H](OP(=O)(OC)OC)[C@@H]1OC(C)=O)OC(C)=O. The van der Waals surface area contributed by atoms with Crippen LogP contribution in [0.15, 0.2) is 0 Å². The molecule has 0 aromatic carbocycles. The number of methoxy groups -OCH3 is 2. The van der Waals surface area contributed by atoms with Crippen molar-refractivity contribution in [2.45, 2.75) is 373 Å². The van der Waals surface area contributed by atoms with Crippen LogP contribution in [-0.2, 0) is 212 Å². The third-order valence-corrected chi connectivity index (χ3v) is 24.8. The molecule has 4 fully saturated rings. The van der Waals surface area contributed by atoms with Crippen molar-refractivity contribution in [1.82, 2.24) is 10.6 Å². The van der Waals surface area contributed by atoms with Crippen LogP contribution < -0.4 is 10.6 Å². The lowest BCUT2D eigenvalue weighted by atomic mass is 9.86. The number of rotatable bonds is 62. The fourth-order valence-corrected chi connectivity index (χ4v) is 17.7. The minimum Gasteiger partial charge on any atom is -0.465 e. The summed E-state index contributed by atoms with van der Waals surface area (Å²) in [6.45, 7) is 9.85. The average molecular weight is 2010 g/mol. The summed E-state index contributed by atoms with van der Waals surface area (Å²) >= 11 is 0. The number of carbonyl (C=O) groups excluding carboxylic acids is 16. The Kier molecular flexibility index (Phi) is 54.0. The molecule has 784 valence electrons. The van der Waals surface area contributed by atoms with Gasteiger partial charge in [-0.25, -0.2) is 18.7 Å². The summed E-state index contributed by atoms with van der Waals surface area (Å²) in [4.78, 5) is 219. The molecule has 137 heavy (non-hydrogen) atoms. The van der Waals surface area contributed by atoms with Crippen molar-refractivity contribution < 1.29 is 212 Å². The van der Waals surface area contributed by atoms with Crippen LogP contribution in [0, 0.1) is 11.8 Å². The molecule has 0 aliphatic carbocycles. The molecular formula is C88H142N2O45P2. The number of hydrogen-bond acceptors (Lipinski definition) is 45. The van der Waals surface area contributed by atoms with Gasteiger partial charge in [0.2, 0.25) is 11.8 Å². The van der Waals surface area contributed by atoms with Crippen LogP contribution in [0.5, 0.6) is 0 Å². The lowest BCUT2D eigenvalue weighted by Crippen LogP contribution is -2.69. The van der Waals surface area contributed by atoms with Gasteiger partial charge in [0.1, 0.15) is 67.0 Å². The summed E-state index contributed by atoms with van der Waals surface area (Å²) in [5.74, 6) is -27.3. The van der Waals surface area contributed by atoms with E-state index in [4.69, 9.17) is 127 Å². The number of phosphoric acid groups is 2. The molecule has 4 rings (SSSR count). The smallest absolute Gasteiger partial charge is 0.465 e. The Morgan fingerprint density at radius 3 is 1.07 bits per heavy atom. The average Bonchev–Trinajstić information content (AvgIpc) is 0.734. The fraction of sp³-hybridized carbons (Fsp3) is 0.818. The first-order valence-electron chi connectivity index (χ1n) is 45.8. The van der Waals surface area contributed by atoms with Crippen LogP contribution in [0.2, 0.25) is 0 Å². The zero-order valence-corrected chi connectivity index (χ0v) is 83.8. The van der Waals surface area contributed by atoms with Crippen molar-refractivity contribution in [2.75, 3.05) is 82.3 Å². The highest BCUT2D eigenvalue weighted by molar-refractivity contribution is 7.48. The number of hydrogen-bond donors (Lipinski definition) is 2. The van der Waals surface area contributed by atoms with E-state index < -0.39 is 310 Å². The monoisotopic (exact) mass is 2010 g/mol. The molecule has 0 unspecified atom stereocenters. The van der Waals surface area contributed by atoms with E-state index >= 15 is 14.4 Å². The maximum absolute atomic E-state index is 15.7. The van der Waals surface area contributed by atoms with E-state index in [0.29, 0.717) is 25.7 Å². The molecule has 0 spiro atoms. The van der Waals surface area contributed by atoms with E-state index in [1.807, 2.05) is 0 Å². The summed E-state index contributed by atoms with van der Waals surface area (Å²) < 4.78 is 189. The van der Waals surface area contributed by atoms with Gasteiger partial charge >= 0.3 is 99.2 Å². The van der Waals surface area contributed by atoms with Gasteiger partial charge in [0.05, 0.1) is 85.0 Å². The van der Waals surface area contributed by atoms with Gasteiger partial charge < -0.3 is 110 Å². The van der Waals surface area contributed by atoms with E-state index in [1.54, 1.807) is 0 Å². The van der Waals surface area contributed by atoms with Gasteiger partial charge in [-0.1, -0.05) is 117 Å². The minimum atomic E-state index is -5.15. The first-order valence-corrected chi connectivity index (χ1v) is 48.7. The largest absolute Gasteiger partial charge is 0.476 e. The second-order valence-corrected chi connectivity index (χ2v) is 37.0. The molecule has 20 atom stereocenters. The maximum atomic E-state index is 15.7. The molecule has 0 saturated carbocycles. The Hall–Kier alpha value is -8.54. The second kappa shape index (κ2) is 61.2. The number of amides is 2. The highest BCUT2D eigenvalue weighted by Gasteiger charge is 2.66. The van der Waals surface area contributed by atoms with Gasteiger partial charge in [-0.3, -0.25) is 94.3 Å². The van der Waals surface area contributed by atoms with Crippen LogP contribution in [0.1, 0.15) is 251 Å². The second-order valence-electron chi connectivity index (χ2n) is 33.3. The molecule has 4 heterocycles. The predicted molar refractivity (Wildman–Crippen MR) is 467 cm³/mol. The van der Waals surface area contributed by atoms with Crippen molar-refractivity contribution in [3.05, 3.63) is 0 Å². The van der Waals surface area contributed by atoms with E-state index in [1.165, 1.54) is 0 Å². The summed E-state index contributed by atoms with van der Waals surface area (Å²) in [6, 6.07) is -4.03. The normalized spacial score (nSPS) is 25.3. The third kappa shape index (κ3) is 41.7. The molecule has 0 aromatic heterocycles. The van der Waals surface area contributed by atoms with Crippen LogP contribution in [-0.4, -0.2) is 299 Å². The van der Waals surface area contributed by atoms with E-state index in [2.05, 4.69) is 24.5 Å². The first-order chi connectivity index (χ1) is 64.7. The molecule has 4 aliphatic heterocycles. The topological polar surface area (TPSA) is 581 Å². The van der Waals surface area contributed by atoms with Gasteiger partial charge in [-0.05, 0) is 25.7 Å². The fourth-order valence-electron chi connectivity index (χ4n) is 16.0. The van der Waals surface area contributed by atoms with Gasteiger partial charge in [0, 0.05) is 118 Å². The van der Waals surface area contributed by atoms with Crippen molar-refractivity contribution in [2.24, 2.45) is 11.8 Å². The molecule has 47 nitrogen and oxygen atoms in total. The molecule has 2 amide bonds. The number of carbonyl (C=O) groups is 16. The van der Waals surface area contributed by atoms with E-state index in [-0.39, 0.29) is 12.8 Å². The van der Waals surface area contributed by atoms with Gasteiger partial charge in [-0.15, -0.1) is 0 Å². The predicted octanol–water partition coefficient (Wildman–Crippen LogP) is 7.90. The van der Waals surface area contributed by atoms with E-state index in [0.717, 1.165) is 216 Å². The lowest BCUT2D eigenvalue weighted by molar-refractivity contribution is -0.377. The molecular weight excluding hydrogens is 1870 g/mol.